The quantitative estimate of drug-likeness (QED) is 0.482. The molecule has 1 aliphatic carbocycles. The lowest BCUT2D eigenvalue weighted by Crippen LogP contribution is -2.49. The number of nitrogens with one attached hydrogen (secondary N) is 1. The van der Waals surface area contributed by atoms with E-state index < -0.39 is 5.41 Å². The van der Waals surface area contributed by atoms with E-state index in [0.717, 1.165) is 29.5 Å². The molecule has 3 aromatic rings. The second-order valence-corrected chi connectivity index (χ2v) is 10.1. The maximum absolute atomic E-state index is 13.8. The number of esters is 1. The van der Waals surface area contributed by atoms with Crippen molar-refractivity contribution >= 4 is 17.8 Å². The van der Waals surface area contributed by atoms with Gasteiger partial charge in [0.05, 0.1) is 12.5 Å². The first-order valence-corrected chi connectivity index (χ1v) is 13.5. The molecule has 0 spiro atoms. The van der Waals surface area contributed by atoms with Crippen LogP contribution in [0, 0.1) is 0 Å². The van der Waals surface area contributed by atoms with Crippen LogP contribution in [0.15, 0.2) is 84.9 Å². The molecule has 2 aliphatic rings. The maximum Gasteiger partial charge on any atom is 0.321 e. The number of ether oxygens (including phenoxy) is 1. The highest BCUT2D eigenvalue weighted by Gasteiger charge is 2.50. The summed E-state index contributed by atoms with van der Waals surface area (Å²) in [6.45, 7) is 3.31. The van der Waals surface area contributed by atoms with Crippen LogP contribution < -0.4 is 5.32 Å². The molecule has 0 aromatic heterocycles. The van der Waals surface area contributed by atoms with Gasteiger partial charge in [-0.2, -0.15) is 0 Å². The van der Waals surface area contributed by atoms with Gasteiger partial charge >= 0.3 is 5.97 Å². The molecule has 196 valence electrons. The Morgan fingerprint density at radius 3 is 2.18 bits per heavy atom. The van der Waals surface area contributed by atoms with Crippen molar-refractivity contribution in [3.63, 3.8) is 0 Å². The lowest BCUT2D eigenvalue weighted by atomic mass is 9.63. The molecule has 5 rings (SSSR count). The average molecular weight is 511 g/mol. The van der Waals surface area contributed by atoms with Gasteiger partial charge in [-0.15, -0.1) is 0 Å². The number of rotatable bonds is 6. The second-order valence-electron chi connectivity index (χ2n) is 10.1. The van der Waals surface area contributed by atoms with E-state index in [1.54, 1.807) is 12.1 Å². The van der Waals surface area contributed by atoms with Crippen LogP contribution in [0.1, 0.15) is 65.6 Å². The van der Waals surface area contributed by atoms with Gasteiger partial charge in [-0.3, -0.25) is 14.4 Å². The van der Waals surface area contributed by atoms with E-state index in [-0.39, 0.29) is 29.7 Å². The molecule has 1 saturated heterocycles. The van der Waals surface area contributed by atoms with Crippen molar-refractivity contribution < 1.29 is 19.1 Å². The minimum atomic E-state index is -0.931. The zero-order valence-electron chi connectivity index (χ0n) is 21.8. The number of amides is 2. The summed E-state index contributed by atoms with van der Waals surface area (Å²) < 4.78 is 5.61. The molecule has 0 radical (unpaired) electrons. The molecule has 2 amide bonds. The van der Waals surface area contributed by atoms with E-state index in [1.165, 1.54) is 0 Å². The summed E-state index contributed by atoms with van der Waals surface area (Å²) in [7, 11) is 0. The zero-order valence-corrected chi connectivity index (χ0v) is 21.8. The van der Waals surface area contributed by atoms with Gasteiger partial charge in [0.15, 0.2) is 0 Å². The normalized spacial score (nSPS) is 21.3. The molecule has 1 aliphatic heterocycles. The van der Waals surface area contributed by atoms with Crippen LogP contribution >= 0.6 is 0 Å². The molecule has 0 saturated carbocycles. The number of hydrogen-bond acceptors (Lipinski definition) is 4. The van der Waals surface area contributed by atoms with Gasteiger partial charge in [0.25, 0.3) is 5.91 Å². The molecule has 1 N–H and O–H groups in total. The van der Waals surface area contributed by atoms with Crippen molar-refractivity contribution in [2.75, 3.05) is 19.7 Å². The largest absolute Gasteiger partial charge is 0.465 e. The molecule has 3 aromatic carbocycles. The van der Waals surface area contributed by atoms with Gasteiger partial charge in [0.1, 0.15) is 5.41 Å². The van der Waals surface area contributed by atoms with Crippen molar-refractivity contribution in [1.29, 1.82) is 0 Å². The van der Waals surface area contributed by atoms with Gasteiger partial charge in [0, 0.05) is 24.7 Å². The number of fused-ring (bicyclic) bond motifs is 1. The third-order valence-electron chi connectivity index (χ3n) is 7.97. The number of nitrogens with zero attached hydrogens (tertiary/aromatic N) is 1. The number of carbonyl (C=O) groups excluding carboxylic acids is 3. The van der Waals surface area contributed by atoms with Crippen LogP contribution in [-0.4, -0.2) is 48.4 Å². The van der Waals surface area contributed by atoms with E-state index in [1.807, 2.05) is 84.6 Å². The molecule has 6 heteroatoms. The smallest absolute Gasteiger partial charge is 0.321 e. The summed E-state index contributed by atoms with van der Waals surface area (Å²) >= 11 is 0. The first-order chi connectivity index (χ1) is 18.5. The zero-order chi connectivity index (χ0) is 26.5. The number of benzene rings is 3. The van der Waals surface area contributed by atoms with Crippen LogP contribution in [0.3, 0.4) is 0 Å². The Morgan fingerprint density at radius 1 is 0.868 bits per heavy atom. The molecular weight excluding hydrogens is 476 g/mol. The number of carbonyl (C=O) groups is 3. The van der Waals surface area contributed by atoms with Crippen LogP contribution in [0.2, 0.25) is 0 Å². The number of piperidine rings is 1. The molecule has 6 nitrogen and oxygen atoms in total. The fourth-order valence-corrected chi connectivity index (χ4v) is 6.03. The molecule has 1 heterocycles. The van der Waals surface area contributed by atoms with Crippen molar-refractivity contribution in [3.05, 3.63) is 107 Å². The third kappa shape index (κ3) is 4.83. The summed E-state index contributed by atoms with van der Waals surface area (Å²) in [6.07, 6.45) is 2.51. The SMILES string of the molecule is CCOC(=O)C1(c2ccccc2)CCC(C(=O)N2CCC(NC(=O)c3ccccc3)CC2)c2ccccc21. The van der Waals surface area contributed by atoms with Crippen LogP contribution in [-0.2, 0) is 19.7 Å². The van der Waals surface area contributed by atoms with Gasteiger partial charge in [-0.05, 0) is 61.4 Å². The lowest BCUT2D eigenvalue weighted by Gasteiger charge is -2.42. The van der Waals surface area contributed by atoms with E-state index in [9.17, 15) is 14.4 Å². The number of hydrogen-bond donors (Lipinski definition) is 1. The average Bonchev–Trinajstić information content (AvgIpc) is 2.97. The van der Waals surface area contributed by atoms with Gasteiger partial charge < -0.3 is 15.0 Å². The Bertz CT molecular complexity index is 1290. The van der Waals surface area contributed by atoms with Gasteiger partial charge in [0.2, 0.25) is 5.91 Å². The first-order valence-electron chi connectivity index (χ1n) is 13.5. The Balaban J connectivity index is 1.34. The molecule has 38 heavy (non-hydrogen) atoms. The summed E-state index contributed by atoms with van der Waals surface area (Å²) in [5, 5.41) is 3.11. The summed E-state index contributed by atoms with van der Waals surface area (Å²) in [4.78, 5) is 41.9. The predicted molar refractivity (Wildman–Crippen MR) is 146 cm³/mol. The van der Waals surface area contributed by atoms with Crippen LogP contribution in [0.25, 0.3) is 0 Å². The predicted octanol–water partition coefficient (Wildman–Crippen LogP) is 4.83. The van der Waals surface area contributed by atoms with Crippen molar-refractivity contribution in [3.8, 4) is 0 Å². The van der Waals surface area contributed by atoms with Crippen molar-refractivity contribution in [2.45, 2.75) is 50.0 Å². The molecular formula is C32H34N2O4. The van der Waals surface area contributed by atoms with Gasteiger partial charge in [-0.25, -0.2) is 0 Å². The first kappa shape index (κ1) is 25.7. The fraction of sp³-hybridized carbons (Fsp3) is 0.344. The monoisotopic (exact) mass is 510 g/mol. The van der Waals surface area contributed by atoms with E-state index >= 15 is 0 Å². The summed E-state index contributed by atoms with van der Waals surface area (Å²) in [5.41, 5.74) is 2.37. The Labute approximate surface area is 224 Å². The standard InChI is InChI=1S/C32H34N2O4/c1-2-38-31(37)32(24-13-7-4-8-14-24)20-17-27(26-15-9-10-16-28(26)32)30(36)34-21-18-25(19-22-34)33-29(35)23-11-5-3-6-12-23/h3-16,25,27H,2,17-22H2,1H3,(H,33,35). The number of likely N-dealkylation sites (tertiary alicyclic amines) is 1. The second kappa shape index (κ2) is 11.2. The molecule has 1 fully saturated rings. The van der Waals surface area contributed by atoms with Crippen LogP contribution in [0.5, 0.6) is 0 Å². The fourth-order valence-electron chi connectivity index (χ4n) is 6.03. The minimum absolute atomic E-state index is 0.0416. The molecule has 2 unspecified atom stereocenters. The summed E-state index contributed by atoms with van der Waals surface area (Å²) in [6, 6.07) is 26.9. The van der Waals surface area contributed by atoms with E-state index in [4.69, 9.17) is 4.74 Å². The molecule has 0 bridgehead atoms. The lowest BCUT2D eigenvalue weighted by molar-refractivity contribution is -0.149. The van der Waals surface area contributed by atoms with Crippen molar-refractivity contribution in [2.24, 2.45) is 0 Å². The molecule has 2 atom stereocenters. The third-order valence-corrected chi connectivity index (χ3v) is 7.97. The van der Waals surface area contributed by atoms with Gasteiger partial charge in [-0.1, -0.05) is 72.8 Å². The Kier molecular flexibility index (Phi) is 7.59. The topological polar surface area (TPSA) is 75.7 Å². The summed E-state index contributed by atoms with van der Waals surface area (Å²) in [5.74, 6) is -0.559. The van der Waals surface area contributed by atoms with Crippen molar-refractivity contribution in [1.82, 2.24) is 10.2 Å². The van der Waals surface area contributed by atoms with Crippen LogP contribution in [0.4, 0.5) is 0 Å². The van der Waals surface area contributed by atoms with E-state index in [2.05, 4.69) is 5.32 Å². The highest BCUT2D eigenvalue weighted by atomic mass is 16.5. The Morgan fingerprint density at radius 2 is 1.50 bits per heavy atom. The van der Waals surface area contributed by atoms with E-state index in [0.29, 0.717) is 38.1 Å². The highest BCUT2D eigenvalue weighted by molar-refractivity contribution is 5.94. The minimum Gasteiger partial charge on any atom is -0.465 e. The maximum atomic E-state index is 13.8. The highest BCUT2D eigenvalue weighted by Crippen LogP contribution is 2.48. The Hall–Kier alpha value is -3.93.